The highest BCUT2D eigenvalue weighted by molar-refractivity contribution is 6.00. The summed E-state index contributed by atoms with van der Waals surface area (Å²) >= 11 is 0. The van der Waals surface area contributed by atoms with Gasteiger partial charge in [-0.2, -0.15) is 5.26 Å². The predicted octanol–water partition coefficient (Wildman–Crippen LogP) is 4.46. The smallest absolute Gasteiger partial charge is 0.227 e. The number of methoxy groups -OCH3 is 1. The average molecular weight is 478 g/mol. The molecule has 0 aliphatic carbocycles. The molecular weight excluding hydrogens is 450 g/mol. The minimum atomic E-state index is 0.0338. The number of anilines is 1. The topological polar surface area (TPSA) is 82.4 Å². The Hall–Kier alpha value is -4.44. The molecule has 1 saturated heterocycles. The van der Waals surface area contributed by atoms with E-state index in [-0.39, 0.29) is 11.9 Å². The third-order valence-corrected chi connectivity index (χ3v) is 6.72. The average Bonchev–Trinajstić information content (AvgIpc) is 2.93. The molecule has 0 saturated carbocycles. The molecule has 36 heavy (non-hydrogen) atoms. The van der Waals surface area contributed by atoms with Gasteiger partial charge in [-0.1, -0.05) is 36.4 Å². The zero-order chi connectivity index (χ0) is 25.1. The zero-order valence-corrected chi connectivity index (χ0v) is 20.4. The number of piperazine rings is 1. The van der Waals surface area contributed by atoms with E-state index in [9.17, 15) is 4.79 Å². The summed E-state index contributed by atoms with van der Waals surface area (Å²) in [7, 11) is 1.65. The van der Waals surface area contributed by atoms with Crippen molar-refractivity contribution in [3.05, 3.63) is 83.9 Å². The van der Waals surface area contributed by atoms with Crippen LogP contribution in [0.4, 0.5) is 5.82 Å². The highest BCUT2D eigenvalue weighted by Crippen LogP contribution is 2.33. The van der Waals surface area contributed by atoms with Crippen LogP contribution in [0.3, 0.4) is 0 Å². The fraction of sp³-hybridized carbons (Fsp3) is 0.241. The molecule has 1 aromatic heterocycles. The van der Waals surface area contributed by atoms with Crippen LogP contribution < -0.4 is 9.64 Å². The molecule has 1 aliphatic rings. The third kappa shape index (κ3) is 4.58. The summed E-state index contributed by atoms with van der Waals surface area (Å²) in [4.78, 5) is 17.2. The fourth-order valence-corrected chi connectivity index (χ4v) is 4.78. The van der Waals surface area contributed by atoms with Crippen LogP contribution in [-0.4, -0.2) is 53.8 Å². The van der Waals surface area contributed by atoms with Gasteiger partial charge in [0.05, 0.1) is 25.2 Å². The van der Waals surface area contributed by atoms with Crippen molar-refractivity contribution in [2.75, 3.05) is 31.6 Å². The maximum Gasteiger partial charge on any atom is 0.227 e. The Bertz CT molecular complexity index is 1430. The van der Waals surface area contributed by atoms with Gasteiger partial charge in [-0.15, -0.1) is 10.2 Å². The second kappa shape index (κ2) is 10.0. The van der Waals surface area contributed by atoms with E-state index in [0.29, 0.717) is 31.6 Å². The van der Waals surface area contributed by atoms with Gasteiger partial charge < -0.3 is 14.5 Å². The summed E-state index contributed by atoms with van der Waals surface area (Å²) < 4.78 is 5.29. The van der Waals surface area contributed by atoms with Gasteiger partial charge in [0.25, 0.3) is 0 Å². The largest absolute Gasteiger partial charge is 0.497 e. The Morgan fingerprint density at radius 3 is 2.39 bits per heavy atom. The summed E-state index contributed by atoms with van der Waals surface area (Å²) in [5.74, 6) is 1.74. The van der Waals surface area contributed by atoms with Gasteiger partial charge in [0.2, 0.25) is 5.91 Å². The van der Waals surface area contributed by atoms with E-state index in [4.69, 9.17) is 10.00 Å². The predicted molar refractivity (Wildman–Crippen MR) is 140 cm³/mol. The van der Waals surface area contributed by atoms with Gasteiger partial charge in [0.1, 0.15) is 11.4 Å². The van der Waals surface area contributed by atoms with Gasteiger partial charge in [0.15, 0.2) is 5.82 Å². The highest BCUT2D eigenvalue weighted by Gasteiger charge is 2.29. The van der Waals surface area contributed by atoms with Gasteiger partial charge in [0, 0.05) is 42.0 Å². The fourth-order valence-electron chi connectivity index (χ4n) is 4.78. The number of benzene rings is 3. The molecule has 0 N–H and O–H groups in total. The number of aromatic nitrogens is 2. The number of amides is 1. The number of carbonyl (C=O) groups is 1. The normalized spacial score (nSPS) is 15.5. The molecule has 180 valence electrons. The van der Waals surface area contributed by atoms with E-state index in [1.54, 1.807) is 19.2 Å². The highest BCUT2D eigenvalue weighted by atomic mass is 16.5. The summed E-state index contributed by atoms with van der Waals surface area (Å²) in [6.45, 7) is 4.06. The first kappa shape index (κ1) is 23.3. The van der Waals surface area contributed by atoms with E-state index in [2.05, 4.69) is 40.2 Å². The lowest BCUT2D eigenvalue weighted by atomic mass is 10.0. The summed E-state index contributed by atoms with van der Waals surface area (Å²) in [6.07, 6.45) is 0.329. The third-order valence-electron chi connectivity index (χ3n) is 6.72. The Morgan fingerprint density at radius 1 is 1.00 bits per heavy atom. The van der Waals surface area contributed by atoms with E-state index < -0.39 is 0 Å². The van der Waals surface area contributed by atoms with Crippen molar-refractivity contribution in [2.45, 2.75) is 19.4 Å². The van der Waals surface area contributed by atoms with Crippen LogP contribution in [0.25, 0.3) is 22.0 Å². The Labute approximate surface area is 210 Å². The molecule has 3 aromatic carbocycles. The van der Waals surface area contributed by atoms with E-state index in [1.807, 2.05) is 53.4 Å². The molecule has 0 unspecified atom stereocenters. The van der Waals surface area contributed by atoms with Crippen LogP contribution in [0.5, 0.6) is 5.75 Å². The monoisotopic (exact) mass is 477 g/mol. The molecule has 5 rings (SSSR count). The lowest BCUT2D eigenvalue weighted by molar-refractivity contribution is -0.132. The van der Waals surface area contributed by atoms with Crippen LogP contribution in [0, 0.1) is 11.3 Å². The number of ether oxygens (including phenoxy) is 1. The van der Waals surface area contributed by atoms with Crippen molar-refractivity contribution in [2.24, 2.45) is 0 Å². The Balaban J connectivity index is 1.35. The summed E-state index contributed by atoms with van der Waals surface area (Å²) in [5.41, 5.74) is 3.33. The molecule has 7 heteroatoms. The SMILES string of the molecule is COc1ccc(-c2nnc(N3CCN(C(=O)Cc4ccc(C#N)cc4)[C@@H](C)C3)c3ccccc23)cc1. The van der Waals surface area contributed by atoms with Crippen molar-refractivity contribution in [1.29, 1.82) is 5.26 Å². The van der Waals surface area contributed by atoms with Crippen LogP contribution >= 0.6 is 0 Å². The molecule has 0 bridgehead atoms. The lowest BCUT2D eigenvalue weighted by Gasteiger charge is -2.40. The first-order chi connectivity index (χ1) is 17.6. The number of nitrogens with zero attached hydrogens (tertiary/aromatic N) is 5. The van der Waals surface area contributed by atoms with Gasteiger partial charge >= 0.3 is 0 Å². The number of carbonyl (C=O) groups excluding carboxylic acids is 1. The number of rotatable bonds is 5. The molecule has 1 fully saturated rings. The van der Waals surface area contributed by atoms with Gasteiger partial charge in [-0.3, -0.25) is 4.79 Å². The van der Waals surface area contributed by atoms with Crippen LogP contribution in [-0.2, 0) is 11.2 Å². The molecule has 2 heterocycles. The minimum Gasteiger partial charge on any atom is -0.497 e. The van der Waals surface area contributed by atoms with E-state index in [0.717, 1.165) is 39.2 Å². The number of fused-ring (bicyclic) bond motifs is 1. The molecular formula is C29H27N5O2. The molecule has 4 aromatic rings. The number of hydrogen-bond donors (Lipinski definition) is 0. The van der Waals surface area contributed by atoms with Crippen molar-refractivity contribution < 1.29 is 9.53 Å². The molecule has 7 nitrogen and oxygen atoms in total. The molecule has 0 spiro atoms. The maximum absolute atomic E-state index is 13.0. The Kier molecular flexibility index (Phi) is 6.50. The number of nitriles is 1. The first-order valence-electron chi connectivity index (χ1n) is 12.0. The summed E-state index contributed by atoms with van der Waals surface area (Å²) in [6, 6.07) is 25.4. The molecule has 1 aliphatic heterocycles. The minimum absolute atomic E-state index is 0.0338. The van der Waals surface area contributed by atoms with E-state index in [1.165, 1.54) is 0 Å². The van der Waals surface area contributed by atoms with Crippen molar-refractivity contribution >= 4 is 22.5 Å². The number of hydrogen-bond acceptors (Lipinski definition) is 6. The van der Waals surface area contributed by atoms with Gasteiger partial charge in [-0.05, 0) is 48.9 Å². The quantitative estimate of drug-likeness (QED) is 0.422. The van der Waals surface area contributed by atoms with Gasteiger partial charge in [-0.25, -0.2) is 0 Å². The van der Waals surface area contributed by atoms with Crippen molar-refractivity contribution in [3.8, 4) is 23.1 Å². The second-order valence-electron chi connectivity index (χ2n) is 9.01. The Morgan fingerprint density at radius 2 is 1.72 bits per heavy atom. The molecule has 0 radical (unpaired) electrons. The van der Waals surface area contributed by atoms with Crippen LogP contribution in [0.2, 0.25) is 0 Å². The summed E-state index contributed by atoms with van der Waals surface area (Å²) in [5, 5.41) is 20.3. The van der Waals surface area contributed by atoms with Crippen LogP contribution in [0.15, 0.2) is 72.8 Å². The molecule has 1 amide bonds. The maximum atomic E-state index is 13.0. The standard InChI is InChI=1S/C29H27N5O2/c1-20-19-33(15-16-34(20)27(35)17-21-7-9-22(18-30)10-8-21)29-26-6-4-3-5-25(26)28(31-32-29)23-11-13-24(36-2)14-12-23/h3-14,20H,15-17,19H2,1-2H3/t20-/m0/s1. The molecule has 1 atom stereocenters. The zero-order valence-electron chi connectivity index (χ0n) is 20.4. The second-order valence-corrected chi connectivity index (χ2v) is 9.01. The lowest BCUT2D eigenvalue weighted by Crippen LogP contribution is -2.54. The van der Waals surface area contributed by atoms with E-state index >= 15 is 0 Å². The van der Waals surface area contributed by atoms with Crippen molar-refractivity contribution in [1.82, 2.24) is 15.1 Å². The van der Waals surface area contributed by atoms with Crippen molar-refractivity contribution in [3.63, 3.8) is 0 Å². The first-order valence-corrected chi connectivity index (χ1v) is 12.0. The van der Waals surface area contributed by atoms with Crippen LogP contribution in [0.1, 0.15) is 18.1 Å².